The number of carbonyl (C=O) groups excluding carboxylic acids is 3. The minimum atomic E-state index is -0.721. The molecule has 33 heavy (non-hydrogen) atoms. The number of alkyl halides is 1. The van der Waals surface area contributed by atoms with Gasteiger partial charge in [0.15, 0.2) is 0 Å². The van der Waals surface area contributed by atoms with Gasteiger partial charge in [0.1, 0.15) is 6.04 Å². The van der Waals surface area contributed by atoms with Crippen molar-refractivity contribution in [3.8, 4) is 0 Å². The van der Waals surface area contributed by atoms with E-state index in [2.05, 4.69) is 33.5 Å². The van der Waals surface area contributed by atoms with Crippen LogP contribution in [0.15, 0.2) is 30.3 Å². The second-order valence-corrected chi connectivity index (χ2v) is 12.2. The number of hydrogen-bond acceptors (Lipinski definition) is 5. The molecule has 0 aliphatic carbocycles. The van der Waals surface area contributed by atoms with E-state index in [9.17, 15) is 19.5 Å². The largest absolute Gasteiger partial charge is 0.394 e. The number of carbonyl (C=O) groups is 3. The van der Waals surface area contributed by atoms with Crippen LogP contribution in [0.3, 0.4) is 0 Å². The number of aliphatic hydroxyl groups excluding tert-OH is 1. The molecule has 4 unspecified atom stereocenters. The maximum atomic E-state index is 13.8. The van der Waals surface area contributed by atoms with Gasteiger partial charge < -0.3 is 20.6 Å². The maximum Gasteiger partial charge on any atom is 0.244 e. The lowest BCUT2D eigenvalue weighted by atomic mass is 9.70. The van der Waals surface area contributed by atoms with Gasteiger partial charge in [0.25, 0.3) is 0 Å². The Labute approximate surface area is 207 Å². The predicted octanol–water partition coefficient (Wildman–Crippen LogP) is 2.78. The van der Waals surface area contributed by atoms with Crippen LogP contribution in [0.1, 0.15) is 40.0 Å². The normalized spacial score (nSPS) is 34.2. The van der Waals surface area contributed by atoms with Crippen molar-refractivity contribution in [2.75, 3.05) is 11.9 Å². The van der Waals surface area contributed by atoms with E-state index in [0.29, 0.717) is 12.1 Å². The highest BCUT2D eigenvalue weighted by molar-refractivity contribution is 9.09. The molecule has 1 aromatic carbocycles. The van der Waals surface area contributed by atoms with E-state index in [4.69, 9.17) is 0 Å². The monoisotopic (exact) mass is 537 g/mol. The van der Waals surface area contributed by atoms with Crippen LogP contribution >= 0.6 is 27.7 Å². The van der Waals surface area contributed by atoms with Gasteiger partial charge in [-0.3, -0.25) is 14.4 Å². The zero-order chi connectivity index (χ0) is 23.9. The van der Waals surface area contributed by atoms with Gasteiger partial charge in [0, 0.05) is 21.8 Å². The number of benzene rings is 1. The topological polar surface area (TPSA) is 98.7 Å². The Morgan fingerprint density at radius 1 is 1.27 bits per heavy atom. The van der Waals surface area contributed by atoms with Crippen molar-refractivity contribution in [1.29, 1.82) is 0 Å². The zero-order valence-corrected chi connectivity index (χ0v) is 21.6. The quantitative estimate of drug-likeness (QED) is 0.443. The first kappa shape index (κ1) is 24.5. The molecule has 2 bridgehead atoms. The van der Waals surface area contributed by atoms with Crippen molar-refractivity contribution in [3.05, 3.63) is 30.3 Å². The number of aliphatic hydroxyl groups is 1. The van der Waals surface area contributed by atoms with Gasteiger partial charge in [-0.05, 0) is 38.8 Å². The standard InChI is InChI=1S/C24H32BrN3O4S/c1-4-8-13(2)26-22(31)20-24-11-16(25)19(33-24)17(18(24)23(32)28(20)14(3)12-29)21(30)27-15-9-6-5-7-10-15/h5-7,9-10,13-14,16-20,29H,4,8,11-12H2,1-3H3,(H,26,31)(H,27,30)/t13?,14-,16?,17-,18+,19-,20?,24?/m1/s1. The second kappa shape index (κ2) is 9.58. The molecular formula is C24H32BrN3O4S. The minimum absolute atomic E-state index is 0.0140. The number of fused-ring (bicyclic) bond motifs is 1. The number of nitrogens with zero attached hydrogens (tertiary/aromatic N) is 1. The first-order valence-corrected chi connectivity index (χ1v) is 13.5. The molecule has 0 aromatic heterocycles. The highest BCUT2D eigenvalue weighted by atomic mass is 79.9. The van der Waals surface area contributed by atoms with Crippen molar-refractivity contribution in [3.63, 3.8) is 0 Å². The summed E-state index contributed by atoms with van der Waals surface area (Å²) in [6, 6.07) is 7.97. The fraction of sp³-hybridized carbons (Fsp3) is 0.625. The molecule has 3 fully saturated rings. The number of para-hydroxylation sites is 1. The smallest absolute Gasteiger partial charge is 0.244 e. The molecule has 1 spiro atoms. The zero-order valence-electron chi connectivity index (χ0n) is 19.2. The molecule has 3 aliphatic heterocycles. The van der Waals surface area contributed by atoms with Gasteiger partial charge in [0.05, 0.1) is 29.2 Å². The Kier molecular flexibility index (Phi) is 7.13. The minimum Gasteiger partial charge on any atom is -0.394 e. The number of likely N-dealkylation sites (tertiary alicyclic amines) is 1. The van der Waals surface area contributed by atoms with Crippen LogP contribution in [-0.2, 0) is 14.4 Å². The van der Waals surface area contributed by atoms with Crippen LogP contribution in [0.5, 0.6) is 0 Å². The predicted molar refractivity (Wildman–Crippen MR) is 133 cm³/mol. The number of nitrogens with one attached hydrogen (secondary N) is 2. The Balaban J connectivity index is 1.69. The lowest BCUT2D eigenvalue weighted by Crippen LogP contribution is -2.57. The summed E-state index contributed by atoms with van der Waals surface area (Å²) >= 11 is 5.36. The lowest BCUT2D eigenvalue weighted by molar-refractivity contribution is -0.141. The average molecular weight is 539 g/mol. The third kappa shape index (κ3) is 4.10. The fourth-order valence-electron chi connectivity index (χ4n) is 5.80. The van der Waals surface area contributed by atoms with Gasteiger partial charge in [0.2, 0.25) is 17.7 Å². The van der Waals surface area contributed by atoms with Gasteiger partial charge >= 0.3 is 0 Å². The molecule has 180 valence electrons. The van der Waals surface area contributed by atoms with E-state index < -0.39 is 28.7 Å². The number of rotatable bonds is 8. The van der Waals surface area contributed by atoms with Crippen LogP contribution in [0.25, 0.3) is 0 Å². The van der Waals surface area contributed by atoms with Crippen molar-refractivity contribution < 1.29 is 19.5 Å². The molecule has 7 nitrogen and oxygen atoms in total. The Morgan fingerprint density at radius 2 is 1.97 bits per heavy atom. The number of hydrogen-bond donors (Lipinski definition) is 3. The molecule has 8 atom stereocenters. The van der Waals surface area contributed by atoms with E-state index in [1.54, 1.807) is 23.6 Å². The van der Waals surface area contributed by atoms with Crippen LogP contribution in [-0.4, -0.2) is 67.3 Å². The van der Waals surface area contributed by atoms with Gasteiger partial charge in [-0.25, -0.2) is 0 Å². The second-order valence-electron chi connectivity index (χ2n) is 9.49. The average Bonchev–Trinajstić information content (AvgIpc) is 3.37. The summed E-state index contributed by atoms with van der Waals surface area (Å²) in [6.45, 7) is 5.55. The van der Waals surface area contributed by atoms with Crippen molar-refractivity contribution >= 4 is 51.1 Å². The molecule has 3 saturated heterocycles. The molecule has 3 amide bonds. The first-order chi connectivity index (χ1) is 15.7. The third-order valence-electron chi connectivity index (χ3n) is 7.17. The van der Waals surface area contributed by atoms with E-state index in [1.165, 1.54) is 0 Å². The molecule has 0 saturated carbocycles. The highest BCUT2D eigenvalue weighted by Crippen LogP contribution is 2.68. The number of halogens is 1. The third-order valence-corrected chi connectivity index (χ3v) is 10.4. The Bertz CT molecular complexity index is 918. The summed E-state index contributed by atoms with van der Waals surface area (Å²) in [6.07, 6.45) is 2.41. The Morgan fingerprint density at radius 3 is 2.61 bits per heavy atom. The van der Waals surface area contributed by atoms with Crippen LogP contribution in [0.2, 0.25) is 0 Å². The molecule has 3 heterocycles. The van der Waals surface area contributed by atoms with Crippen molar-refractivity contribution in [2.45, 2.75) is 73.0 Å². The SMILES string of the molecule is CCCC(C)NC(=O)C1N([C@H](C)CO)C(=O)[C@@H]2[C@@H](C(=O)Nc3ccccc3)[C@@H]3SC12CC3Br. The maximum absolute atomic E-state index is 13.8. The Hall–Kier alpha value is -1.58. The molecule has 0 radical (unpaired) electrons. The van der Waals surface area contributed by atoms with Crippen molar-refractivity contribution in [1.82, 2.24) is 10.2 Å². The van der Waals surface area contributed by atoms with E-state index in [0.717, 1.165) is 12.8 Å². The summed E-state index contributed by atoms with van der Waals surface area (Å²) in [5, 5.41) is 15.9. The molecule has 3 aliphatic rings. The molecule has 1 aromatic rings. The molecular weight excluding hydrogens is 506 g/mol. The van der Waals surface area contributed by atoms with Crippen molar-refractivity contribution in [2.24, 2.45) is 11.8 Å². The summed E-state index contributed by atoms with van der Waals surface area (Å²) in [5.74, 6) is -1.75. The van der Waals surface area contributed by atoms with Gasteiger partial charge in [-0.1, -0.05) is 47.5 Å². The van der Waals surface area contributed by atoms with Gasteiger partial charge in [-0.15, -0.1) is 11.8 Å². The number of amides is 3. The van der Waals surface area contributed by atoms with E-state index >= 15 is 0 Å². The number of thioether (sulfide) groups is 1. The summed E-state index contributed by atoms with van der Waals surface area (Å²) in [4.78, 5) is 42.4. The van der Waals surface area contributed by atoms with E-state index in [-0.39, 0.29) is 40.4 Å². The fourth-order valence-corrected chi connectivity index (χ4v) is 9.40. The first-order valence-electron chi connectivity index (χ1n) is 11.7. The number of anilines is 1. The van der Waals surface area contributed by atoms with Gasteiger partial charge in [-0.2, -0.15) is 0 Å². The molecule has 3 N–H and O–H groups in total. The summed E-state index contributed by atoms with van der Waals surface area (Å²) < 4.78 is -0.700. The van der Waals surface area contributed by atoms with Crippen LogP contribution in [0, 0.1) is 11.8 Å². The lowest BCUT2D eigenvalue weighted by Gasteiger charge is -2.37. The molecule has 9 heteroatoms. The highest BCUT2D eigenvalue weighted by Gasteiger charge is 2.76. The molecule has 4 rings (SSSR count). The summed E-state index contributed by atoms with van der Waals surface area (Å²) in [5.41, 5.74) is 0.684. The van der Waals surface area contributed by atoms with Crippen LogP contribution in [0.4, 0.5) is 5.69 Å². The van der Waals surface area contributed by atoms with E-state index in [1.807, 2.05) is 37.3 Å². The summed E-state index contributed by atoms with van der Waals surface area (Å²) in [7, 11) is 0. The van der Waals surface area contributed by atoms with Crippen LogP contribution < -0.4 is 10.6 Å².